The van der Waals surface area contributed by atoms with Gasteiger partial charge in [-0.2, -0.15) is 0 Å². The van der Waals surface area contributed by atoms with Crippen LogP contribution >= 0.6 is 0 Å². The Morgan fingerprint density at radius 3 is 2.64 bits per heavy atom. The quantitative estimate of drug-likeness (QED) is 0.247. The SMILES string of the molecule is NCc1cccc(-n2cnc3cnc(-c4ccc(-c5ccccc5CNCCO)cc4F)c(O)c32)c1. The molecule has 5 N–H and O–H groups in total. The van der Waals surface area contributed by atoms with Crippen molar-refractivity contribution in [2.75, 3.05) is 13.2 Å². The molecule has 0 bridgehead atoms. The largest absolute Gasteiger partial charge is 0.504 e. The molecule has 0 atom stereocenters. The number of benzene rings is 3. The number of hydrogen-bond acceptors (Lipinski definition) is 6. The van der Waals surface area contributed by atoms with Gasteiger partial charge in [-0.25, -0.2) is 14.4 Å². The summed E-state index contributed by atoms with van der Waals surface area (Å²) in [6.45, 7) is 1.46. The van der Waals surface area contributed by atoms with Crippen molar-refractivity contribution in [1.82, 2.24) is 19.9 Å². The maximum Gasteiger partial charge on any atom is 0.168 e. The van der Waals surface area contributed by atoms with E-state index in [1.165, 1.54) is 12.3 Å². The van der Waals surface area contributed by atoms with Gasteiger partial charge in [-0.05, 0) is 46.5 Å². The van der Waals surface area contributed by atoms with Gasteiger partial charge in [0.1, 0.15) is 28.9 Å². The molecule has 7 nitrogen and oxygen atoms in total. The number of aliphatic hydroxyl groups is 1. The highest BCUT2D eigenvalue weighted by molar-refractivity contribution is 5.89. The van der Waals surface area contributed by atoms with Crippen LogP contribution in [0.2, 0.25) is 0 Å². The number of aromatic nitrogens is 3. The Morgan fingerprint density at radius 2 is 1.83 bits per heavy atom. The van der Waals surface area contributed by atoms with E-state index in [-0.39, 0.29) is 23.6 Å². The van der Waals surface area contributed by atoms with E-state index in [2.05, 4.69) is 15.3 Å². The first-order chi connectivity index (χ1) is 17.6. The fraction of sp³-hybridized carbons (Fsp3) is 0.143. The summed E-state index contributed by atoms with van der Waals surface area (Å²) < 4.78 is 17.2. The van der Waals surface area contributed by atoms with Crippen LogP contribution in [-0.2, 0) is 13.1 Å². The molecule has 0 spiro atoms. The molecule has 8 heteroatoms. The second-order valence-corrected chi connectivity index (χ2v) is 8.43. The van der Waals surface area contributed by atoms with Gasteiger partial charge in [0.25, 0.3) is 0 Å². The van der Waals surface area contributed by atoms with Crippen LogP contribution in [0.15, 0.2) is 79.3 Å². The Bertz CT molecular complexity index is 1530. The summed E-state index contributed by atoms with van der Waals surface area (Å²) in [5.74, 6) is -0.646. The summed E-state index contributed by atoms with van der Waals surface area (Å²) in [5.41, 5.74) is 11.4. The van der Waals surface area contributed by atoms with Crippen molar-refractivity contribution in [3.05, 3.63) is 96.2 Å². The molecule has 0 saturated carbocycles. The predicted molar refractivity (Wildman–Crippen MR) is 138 cm³/mol. The molecule has 0 fully saturated rings. The fourth-order valence-electron chi connectivity index (χ4n) is 4.35. The van der Waals surface area contributed by atoms with Gasteiger partial charge in [-0.1, -0.05) is 42.5 Å². The lowest BCUT2D eigenvalue weighted by molar-refractivity contribution is 0.292. The van der Waals surface area contributed by atoms with Crippen molar-refractivity contribution >= 4 is 11.0 Å². The van der Waals surface area contributed by atoms with Gasteiger partial charge in [0.2, 0.25) is 0 Å². The van der Waals surface area contributed by atoms with Gasteiger partial charge in [0.05, 0.1) is 12.8 Å². The standard InChI is InChI=1S/C28H26FN5O2/c29-24-13-19(22-7-2-1-5-20(22)15-31-10-11-35)8-9-23(24)26-28(36)27-25(16-32-26)33-17-34(27)21-6-3-4-18(12-21)14-30/h1-9,12-13,16-17,31,35-36H,10-11,14-15,30H2. The molecule has 5 rings (SSSR count). The molecule has 0 aliphatic heterocycles. The van der Waals surface area contributed by atoms with E-state index in [0.29, 0.717) is 36.2 Å². The number of aromatic hydroxyl groups is 1. The number of nitrogens with two attached hydrogens (primary N) is 1. The van der Waals surface area contributed by atoms with E-state index >= 15 is 4.39 Å². The van der Waals surface area contributed by atoms with Crippen molar-refractivity contribution in [2.45, 2.75) is 13.1 Å². The monoisotopic (exact) mass is 483 g/mol. The topological polar surface area (TPSA) is 109 Å². The highest BCUT2D eigenvalue weighted by Crippen LogP contribution is 2.37. The molecule has 182 valence electrons. The second kappa shape index (κ2) is 10.2. The number of nitrogens with zero attached hydrogens (tertiary/aromatic N) is 3. The van der Waals surface area contributed by atoms with Gasteiger partial charge in [0.15, 0.2) is 5.75 Å². The fourth-order valence-corrected chi connectivity index (χ4v) is 4.35. The summed E-state index contributed by atoms with van der Waals surface area (Å²) in [7, 11) is 0. The Morgan fingerprint density at radius 1 is 0.972 bits per heavy atom. The van der Waals surface area contributed by atoms with E-state index in [1.807, 2.05) is 54.6 Å². The molecular weight excluding hydrogens is 457 g/mol. The average molecular weight is 484 g/mol. The smallest absolute Gasteiger partial charge is 0.168 e. The van der Waals surface area contributed by atoms with Crippen LogP contribution in [0.4, 0.5) is 4.39 Å². The first-order valence-electron chi connectivity index (χ1n) is 11.6. The summed E-state index contributed by atoms with van der Waals surface area (Å²) in [4.78, 5) is 8.69. The van der Waals surface area contributed by atoms with E-state index in [4.69, 9.17) is 10.8 Å². The van der Waals surface area contributed by atoms with Crippen LogP contribution in [0.1, 0.15) is 11.1 Å². The van der Waals surface area contributed by atoms with Gasteiger partial charge < -0.3 is 21.3 Å². The van der Waals surface area contributed by atoms with E-state index in [9.17, 15) is 5.11 Å². The van der Waals surface area contributed by atoms with E-state index in [0.717, 1.165) is 22.4 Å². The molecule has 3 aromatic carbocycles. The molecule has 36 heavy (non-hydrogen) atoms. The summed E-state index contributed by atoms with van der Waals surface area (Å²) >= 11 is 0. The third-order valence-electron chi connectivity index (χ3n) is 6.14. The zero-order valence-electron chi connectivity index (χ0n) is 19.5. The summed E-state index contributed by atoms with van der Waals surface area (Å²) in [6.07, 6.45) is 3.13. The zero-order chi connectivity index (χ0) is 25.1. The number of pyridine rings is 1. The molecule has 0 unspecified atom stereocenters. The Hall–Kier alpha value is -4.11. The number of nitrogens with one attached hydrogen (secondary N) is 1. The maximum absolute atomic E-state index is 15.5. The van der Waals surface area contributed by atoms with Crippen LogP contribution in [0.25, 0.3) is 39.1 Å². The molecule has 5 aromatic rings. The van der Waals surface area contributed by atoms with Gasteiger partial charge in [-0.3, -0.25) is 4.57 Å². The van der Waals surface area contributed by atoms with Gasteiger partial charge in [-0.15, -0.1) is 0 Å². The first kappa shape index (κ1) is 23.6. The van der Waals surface area contributed by atoms with Crippen LogP contribution < -0.4 is 11.1 Å². The molecular formula is C28H26FN5O2. The summed E-state index contributed by atoms with van der Waals surface area (Å²) in [5, 5.41) is 23.4. The molecule has 0 aliphatic rings. The van der Waals surface area contributed by atoms with Crippen LogP contribution in [0.5, 0.6) is 5.75 Å². The number of halogens is 1. The number of fused-ring (bicyclic) bond motifs is 1. The lowest BCUT2D eigenvalue weighted by Crippen LogP contribution is -2.17. The molecule has 2 heterocycles. The molecule has 0 aliphatic carbocycles. The van der Waals surface area contributed by atoms with Crippen molar-refractivity contribution < 1.29 is 14.6 Å². The van der Waals surface area contributed by atoms with Crippen molar-refractivity contribution in [1.29, 1.82) is 0 Å². The number of hydrogen-bond donors (Lipinski definition) is 4. The first-order valence-corrected chi connectivity index (χ1v) is 11.6. The number of imidazole rings is 1. The van der Waals surface area contributed by atoms with Crippen LogP contribution in [0.3, 0.4) is 0 Å². The molecule has 0 saturated heterocycles. The minimum atomic E-state index is -0.496. The Balaban J connectivity index is 1.55. The molecule has 0 amide bonds. The predicted octanol–water partition coefficient (Wildman–Crippen LogP) is 4.14. The maximum atomic E-state index is 15.5. The van der Waals surface area contributed by atoms with Crippen molar-refractivity contribution in [3.63, 3.8) is 0 Å². The van der Waals surface area contributed by atoms with Crippen LogP contribution in [0, 0.1) is 5.82 Å². The zero-order valence-corrected chi connectivity index (χ0v) is 19.5. The second-order valence-electron chi connectivity index (χ2n) is 8.43. The Labute approximate surface area is 207 Å². The lowest BCUT2D eigenvalue weighted by atomic mass is 9.97. The van der Waals surface area contributed by atoms with Crippen molar-refractivity contribution in [3.8, 4) is 33.8 Å². The number of rotatable bonds is 8. The average Bonchev–Trinajstić information content (AvgIpc) is 3.35. The van der Waals surface area contributed by atoms with Gasteiger partial charge >= 0.3 is 0 Å². The third-order valence-corrected chi connectivity index (χ3v) is 6.14. The highest BCUT2D eigenvalue weighted by Gasteiger charge is 2.19. The molecule has 0 radical (unpaired) electrons. The van der Waals surface area contributed by atoms with E-state index < -0.39 is 5.82 Å². The minimum absolute atomic E-state index is 0.0453. The Kier molecular flexibility index (Phi) is 6.73. The van der Waals surface area contributed by atoms with E-state index in [1.54, 1.807) is 17.0 Å². The highest BCUT2D eigenvalue weighted by atomic mass is 19.1. The number of aliphatic hydroxyl groups excluding tert-OH is 1. The van der Waals surface area contributed by atoms with Crippen molar-refractivity contribution in [2.24, 2.45) is 5.73 Å². The van der Waals surface area contributed by atoms with Gasteiger partial charge in [0, 0.05) is 30.9 Å². The third kappa shape index (κ3) is 4.45. The summed E-state index contributed by atoms with van der Waals surface area (Å²) in [6, 6.07) is 20.2. The minimum Gasteiger partial charge on any atom is -0.504 e. The normalized spacial score (nSPS) is 11.3. The van der Waals surface area contributed by atoms with Crippen LogP contribution in [-0.4, -0.2) is 37.9 Å². The lowest BCUT2D eigenvalue weighted by Gasteiger charge is -2.13. The molecule has 2 aromatic heterocycles.